The van der Waals surface area contributed by atoms with Gasteiger partial charge in [0.05, 0.1) is 0 Å². The number of fused-ring (bicyclic) bond motifs is 1. The number of hydrogen-bond acceptors (Lipinski definition) is 3. The molecule has 0 aromatic carbocycles. The van der Waals surface area contributed by atoms with Crippen LogP contribution in [0.15, 0.2) is 0 Å². The Bertz CT molecular complexity index is 228. The summed E-state index contributed by atoms with van der Waals surface area (Å²) in [6, 6.07) is 2.22. The first kappa shape index (κ1) is 13.3. The van der Waals surface area contributed by atoms with Crippen LogP contribution in [0, 0.1) is 0 Å². The summed E-state index contributed by atoms with van der Waals surface area (Å²) in [6.45, 7) is 13.0. The molecule has 2 saturated heterocycles. The Kier molecular flexibility index (Phi) is 4.83. The van der Waals surface area contributed by atoms with E-state index in [9.17, 15) is 0 Å². The highest BCUT2D eigenvalue weighted by molar-refractivity contribution is 4.96. The van der Waals surface area contributed by atoms with Crippen LogP contribution in [0.25, 0.3) is 0 Å². The predicted octanol–water partition coefficient (Wildman–Crippen LogP) is 1.54. The maximum Gasteiger partial charge on any atom is 0.0250 e. The van der Waals surface area contributed by atoms with Gasteiger partial charge in [-0.05, 0) is 45.8 Å². The van der Waals surface area contributed by atoms with Crippen LogP contribution in [-0.4, -0.2) is 60.6 Å². The van der Waals surface area contributed by atoms with Crippen LogP contribution in [0.1, 0.15) is 40.0 Å². The fourth-order valence-corrected chi connectivity index (χ4v) is 3.56. The van der Waals surface area contributed by atoms with Crippen LogP contribution in [0.5, 0.6) is 0 Å². The Labute approximate surface area is 107 Å². The largest absolute Gasteiger partial charge is 0.309 e. The summed E-state index contributed by atoms with van der Waals surface area (Å²) in [4.78, 5) is 5.20. The van der Waals surface area contributed by atoms with E-state index in [2.05, 4.69) is 35.9 Å². The smallest absolute Gasteiger partial charge is 0.0250 e. The third-order valence-electron chi connectivity index (χ3n) is 4.53. The molecule has 2 fully saturated rings. The zero-order valence-electron chi connectivity index (χ0n) is 11.8. The lowest BCUT2D eigenvalue weighted by molar-refractivity contribution is 0.244. The molecule has 2 aliphatic rings. The van der Waals surface area contributed by atoms with Crippen molar-refractivity contribution in [3.8, 4) is 0 Å². The molecule has 100 valence electrons. The standard InChI is InChI=1S/C14H29N3/c1-4-16(5-2)11-12(3)15-13-8-10-17-9-6-7-14(13)17/h12-15H,4-11H2,1-3H3. The minimum absolute atomic E-state index is 0.625. The lowest BCUT2D eigenvalue weighted by Crippen LogP contribution is -2.47. The highest BCUT2D eigenvalue weighted by Crippen LogP contribution is 2.28. The quantitative estimate of drug-likeness (QED) is 0.758. The minimum Gasteiger partial charge on any atom is -0.309 e. The molecule has 0 aliphatic carbocycles. The molecule has 0 bridgehead atoms. The van der Waals surface area contributed by atoms with Crippen molar-refractivity contribution in [3.05, 3.63) is 0 Å². The average Bonchev–Trinajstić information content (AvgIpc) is 2.91. The van der Waals surface area contributed by atoms with Gasteiger partial charge in [-0.3, -0.25) is 4.90 Å². The molecule has 0 aromatic heterocycles. The zero-order chi connectivity index (χ0) is 12.3. The van der Waals surface area contributed by atoms with Crippen LogP contribution >= 0.6 is 0 Å². The van der Waals surface area contributed by atoms with Gasteiger partial charge in [0.1, 0.15) is 0 Å². The van der Waals surface area contributed by atoms with Gasteiger partial charge in [-0.25, -0.2) is 0 Å². The molecule has 17 heavy (non-hydrogen) atoms. The summed E-state index contributed by atoms with van der Waals surface area (Å²) in [5, 5.41) is 3.87. The van der Waals surface area contributed by atoms with Crippen molar-refractivity contribution in [1.29, 1.82) is 0 Å². The second kappa shape index (κ2) is 6.17. The first-order chi connectivity index (χ1) is 8.24. The minimum atomic E-state index is 0.625. The molecule has 0 radical (unpaired) electrons. The van der Waals surface area contributed by atoms with Crippen molar-refractivity contribution < 1.29 is 0 Å². The molecule has 0 saturated carbocycles. The van der Waals surface area contributed by atoms with Gasteiger partial charge in [-0.1, -0.05) is 13.8 Å². The lowest BCUT2D eigenvalue weighted by Gasteiger charge is -2.28. The van der Waals surface area contributed by atoms with E-state index in [0.717, 1.165) is 12.1 Å². The Morgan fingerprint density at radius 3 is 2.71 bits per heavy atom. The van der Waals surface area contributed by atoms with Gasteiger partial charge >= 0.3 is 0 Å². The second-order valence-corrected chi connectivity index (χ2v) is 5.69. The molecule has 3 nitrogen and oxygen atoms in total. The van der Waals surface area contributed by atoms with E-state index in [-0.39, 0.29) is 0 Å². The number of hydrogen-bond donors (Lipinski definition) is 1. The SMILES string of the molecule is CCN(CC)CC(C)NC1CCN2CCCC12. The molecule has 0 spiro atoms. The molecule has 1 N–H and O–H groups in total. The molecule has 3 unspecified atom stereocenters. The zero-order valence-corrected chi connectivity index (χ0v) is 11.8. The molecular formula is C14H29N3. The van der Waals surface area contributed by atoms with Gasteiger partial charge in [-0.15, -0.1) is 0 Å². The van der Waals surface area contributed by atoms with Gasteiger partial charge in [0.15, 0.2) is 0 Å². The molecule has 0 aromatic rings. The van der Waals surface area contributed by atoms with Gasteiger partial charge < -0.3 is 10.2 Å². The van der Waals surface area contributed by atoms with Crippen LogP contribution < -0.4 is 5.32 Å². The molecule has 3 atom stereocenters. The normalized spacial score (nSPS) is 31.1. The fraction of sp³-hybridized carbons (Fsp3) is 1.00. The van der Waals surface area contributed by atoms with Crippen molar-refractivity contribution in [1.82, 2.24) is 15.1 Å². The number of nitrogens with zero attached hydrogens (tertiary/aromatic N) is 2. The molecule has 0 amide bonds. The van der Waals surface area contributed by atoms with E-state index in [1.54, 1.807) is 0 Å². The number of rotatable bonds is 6. The van der Waals surface area contributed by atoms with E-state index >= 15 is 0 Å². The van der Waals surface area contributed by atoms with Gasteiger partial charge in [0.2, 0.25) is 0 Å². The first-order valence-corrected chi connectivity index (χ1v) is 7.47. The van der Waals surface area contributed by atoms with E-state index in [1.807, 2.05) is 0 Å². The highest BCUT2D eigenvalue weighted by Gasteiger charge is 2.37. The maximum atomic E-state index is 3.87. The molecule has 2 heterocycles. The Hall–Kier alpha value is -0.120. The maximum absolute atomic E-state index is 3.87. The molecule has 2 rings (SSSR count). The summed E-state index contributed by atoms with van der Waals surface area (Å²) in [5.74, 6) is 0. The van der Waals surface area contributed by atoms with Crippen LogP contribution in [-0.2, 0) is 0 Å². The monoisotopic (exact) mass is 239 g/mol. The van der Waals surface area contributed by atoms with Crippen molar-refractivity contribution >= 4 is 0 Å². The van der Waals surface area contributed by atoms with Crippen LogP contribution in [0.4, 0.5) is 0 Å². The van der Waals surface area contributed by atoms with Crippen molar-refractivity contribution in [2.45, 2.75) is 58.2 Å². The highest BCUT2D eigenvalue weighted by atomic mass is 15.2. The Balaban J connectivity index is 1.76. The predicted molar refractivity (Wildman–Crippen MR) is 73.4 cm³/mol. The van der Waals surface area contributed by atoms with Gasteiger partial charge in [0.25, 0.3) is 0 Å². The van der Waals surface area contributed by atoms with Crippen molar-refractivity contribution in [2.75, 3.05) is 32.7 Å². The molecule has 3 heteroatoms. The van der Waals surface area contributed by atoms with E-state index in [4.69, 9.17) is 0 Å². The van der Waals surface area contributed by atoms with Crippen molar-refractivity contribution in [3.63, 3.8) is 0 Å². The summed E-state index contributed by atoms with van der Waals surface area (Å²) >= 11 is 0. The summed E-state index contributed by atoms with van der Waals surface area (Å²) in [5.41, 5.74) is 0. The van der Waals surface area contributed by atoms with Crippen LogP contribution in [0.3, 0.4) is 0 Å². The average molecular weight is 239 g/mol. The van der Waals surface area contributed by atoms with Gasteiger partial charge in [0, 0.05) is 31.2 Å². The Morgan fingerprint density at radius 1 is 1.24 bits per heavy atom. The first-order valence-electron chi connectivity index (χ1n) is 7.47. The summed E-state index contributed by atoms with van der Waals surface area (Å²) < 4.78 is 0. The van der Waals surface area contributed by atoms with Crippen molar-refractivity contribution in [2.24, 2.45) is 0 Å². The van der Waals surface area contributed by atoms with E-state index in [0.29, 0.717) is 6.04 Å². The van der Waals surface area contributed by atoms with Crippen LogP contribution in [0.2, 0.25) is 0 Å². The fourth-order valence-electron chi connectivity index (χ4n) is 3.56. The summed E-state index contributed by atoms with van der Waals surface area (Å²) in [7, 11) is 0. The lowest BCUT2D eigenvalue weighted by atomic mass is 10.1. The summed E-state index contributed by atoms with van der Waals surface area (Å²) in [6.07, 6.45) is 4.18. The van der Waals surface area contributed by atoms with Gasteiger partial charge in [-0.2, -0.15) is 0 Å². The Morgan fingerprint density at radius 2 is 2.00 bits per heavy atom. The topological polar surface area (TPSA) is 18.5 Å². The second-order valence-electron chi connectivity index (χ2n) is 5.69. The third kappa shape index (κ3) is 3.21. The third-order valence-corrected chi connectivity index (χ3v) is 4.53. The van der Waals surface area contributed by atoms with E-state index in [1.165, 1.54) is 52.0 Å². The van der Waals surface area contributed by atoms with E-state index < -0.39 is 0 Å². The number of nitrogens with one attached hydrogen (secondary N) is 1. The number of likely N-dealkylation sites (N-methyl/N-ethyl adjacent to an activating group) is 1. The molecule has 2 aliphatic heterocycles. The molecular weight excluding hydrogens is 210 g/mol.